The van der Waals surface area contributed by atoms with Crippen LogP contribution in [0.25, 0.3) is 0 Å². The first-order valence-electron chi connectivity index (χ1n) is 6.45. The minimum Gasteiger partial charge on any atom is -0.388 e. The lowest BCUT2D eigenvalue weighted by molar-refractivity contribution is -0.124. The van der Waals surface area contributed by atoms with E-state index in [0.717, 1.165) is 30.5 Å². The van der Waals surface area contributed by atoms with Crippen molar-refractivity contribution in [2.75, 3.05) is 11.4 Å². The number of hydrogen-bond donors (Lipinski definition) is 1. The third kappa shape index (κ3) is 1.91. The molecule has 1 N–H and O–H groups in total. The number of anilines is 1. The fourth-order valence-corrected chi connectivity index (χ4v) is 2.85. The number of carbonyl (C=O) groups excluding carboxylic acids is 1. The van der Waals surface area contributed by atoms with Crippen LogP contribution in [0.3, 0.4) is 0 Å². The number of benzene rings is 1. The van der Waals surface area contributed by atoms with Gasteiger partial charge < -0.3 is 10.0 Å². The van der Waals surface area contributed by atoms with Crippen molar-refractivity contribution in [2.24, 2.45) is 5.92 Å². The molecular formula is C14H16ClNO2. The first-order valence-corrected chi connectivity index (χ1v) is 6.83. The molecule has 1 heterocycles. The van der Waals surface area contributed by atoms with Crippen LogP contribution in [0, 0.1) is 5.92 Å². The number of carbonyl (C=O) groups is 1. The summed E-state index contributed by atoms with van der Waals surface area (Å²) >= 11 is 5.96. The molecule has 3 nitrogen and oxygen atoms in total. The van der Waals surface area contributed by atoms with E-state index >= 15 is 0 Å². The van der Waals surface area contributed by atoms with Crippen molar-refractivity contribution in [3.63, 3.8) is 0 Å². The summed E-state index contributed by atoms with van der Waals surface area (Å²) in [5, 5.41) is 10.6. The maximum atomic E-state index is 12.3. The third-order valence-electron chi connectivity index (χ3n) is 3.99. The number of fused-ring (bicyclic) bond motifs is 1. The van der Waals surface area contributed by atoms with Gasteiger partial charge in [-0.05, 0) is 37.5 Å². The van der Waals surface area contributed by atoms with Crippen molar-refractivity contribution in [1.29, 1.82) is 0 Å². The van der Waals surface area contributed by atoms with Gasteiger partial charge >= 0.3 is 0 Å². The average Bonchev–Trinajstić information content (AvgIpc) is 2.28. The van der Waals surface area contributed by atoms with E-state index in [9.17, 15) is 9.90 Å². The fourth-order valence-electron chi connectivity index (χ4n) is 2.67. The SMILES string of the molecule is O=C(C1CCC1)N1CCC(O)c2cc(Cl)ccc21. The van der Waals surface area contributed by atoms with Gasteiger partial charge in [-0.1, -0.05) is 18.0 Å². The van der Waals surface area contributed by atoms with Crippen molar-refractivity contribution >= 4 is 23.2 Å². The molecular weight excluding hydrogens is 250 g/mol. The van der Waals surface area contributed by atoms with Crippen molar-refractivity contribution in [3.05, 3.63) is 28.8 Å². The highest BCUT2D eigenvalue weighted by Gasteiger charge is 2.34. The Kier molecular flexibility index (Phi) is 3.04. The minimum absolute atomic E-state index is 0.184. The van der Waals surface area contributed by atoms with Gasteiger partial charge in [0.25, 0.3) is 0 Å². The maximum Gasteiger partial charge on any atom is 0.230 e. The van der Waals surface area contributed by atoms with Gasteiger partial charge in [0, 0.05) is 28.7 Å². The van der Waals surface area contributed by atoms with Crippen LogP contribution in [-0.4, -0.2) is 17.6 Å². The van der Waals surface area contributed by atoms with Gasteiger partial charge in [-0.3, -0.25) is 4.79 Å². The molecule has 1 aliphatic carbocycles. The second-order valence-electron chi connectivity index (χ2n) is 5.13. The predicted molar refractivity (Wildman–Crippen MR) is 70.7 cm³/mol. The Hall–Kier alpha value is -1.06. The molecule has 0 bridgehead atoms. The molecule has 1 atom stereocenters. The quantitative estimate of drug-likeness (QED) is 0.848. The van der Waals surface area contributed by atoms with E-state index in [4.69, 9.17) is 11.6 Å². The number of rotatable bonds is 1. The van der Waals surface area contributed by atoms with Crippen LogP contribution in [-0.2, 0) is 4.79 Å². The number of nitrogens with zero attached hydrogens (tertiary/aromatic N) is 1. The van der Waals surface area contributed by atoms with Crippen LogP contribution in [0.5, 0.6) is 0 Å². The predicted octanol–water partition coefficient (Wildman–Crippen LogP) is 2.91. The van der Waals surface area contributed by atoms with E-state index < -0.39 is 6.10 Å². The zero-order chi connectivity index (χ0) is 12.7. The summed E-state index contributed by atoms with van der Waals surface area (Å²) in [6, 6.07) is 5.39. The van der Waals surface area contributed by atoms with Gasteiger partial charge in [0.05, 0.1) is 6.10 Å². The van der Waals surface area contributed by atoms with Crippen molar-refractivity contribution < 1.29 is 9.90 Å². The van der Waals surface area contributed by atoms with E-state index in [1.807, 2.05) is 11.0 Å². The summed E-state index contributed by atoms with van der Waals surface area (Å²) in [6.45, 7) is 0.602. The lowest BCUT2D eigenvalue weighted by atomic mass is 9.83. The molecule has 1 aromatic carbocycles. The number of amides is 1. The van der Waals surface area contributed by atoms with Gasteiger partial charge in [-0.2, -0.15) is 0 Å². The second-order valence-corrected chi connectivity index (χ2v) is 5.56. The van der Waals surface area contributed by atoms with Gasteiger partial charge in [0.2, 0.25) is 5.91 Å². The molecule has 0 aromatic heterocycles. The van der Waals surface area contributed by atoms with Gasteiger partial charge in [0.15, 0.2) is 0 Å². The first kappa shape index (κ1) is 12.0. The van der Waals surface area contributed by atoms with Crippen molar-refractivity contribution in [1.82, 2.24) is 0 Å². The maximum absolute atomic E-state index is 12.3. The van der Waals surface area contributed by atoms with Crippen LogP contribution in [0.1, 0.15) is 37.4 Å². The van der Waals surface area contributed by atoms with Crippen LogP contribution in [0.2, 0.25) is 5.02 Å². The molecule has 0 spiro atoms. The average molecular weight is 266 g/mol. The summed E-state index contributed by atoms with van der Waals surface area (Å²) in [4.78, 5) is 14.2. The zero-order valence-corrected chi connectivity index (χ0v) is 10.9. The van der Waals surface area contributed by atoms with E-state index in [0.29, 0.717) is 18.0 Å². The highest BCUT2D eigenvalue weighted by atomic mass is 35.5. The van der Waals surface area contributed by atoms with Gasteiger partial charge in [0.1, 0.15) is 0 Å². The lowest BCUT2D eigenvalue weighted by Crippen LogP contribution is -2.42. The normalized spacial score (nSPS) is 23.4. The topological polar surface area (TPSA) is 40.5 Å². The summed E-state index contributed by atoms with van der Waals surface area (Å²) in [5.41, 5.74) is 1.61. The van der Waals surface area contributed by atoms with Crippen LogP contribution < -0.4 is 4.90 Å². The summed E-state index contributed by atoms with van der Waals surface area (Å²) in [5.74, 6) is 0.389. The summed E-state index contributed by atoms with van der Waals surface area (Å²) in [6.07, 6.45) is 3.23. The Morgan fingerprint density at radius 3 is 2.78 bits per heavy atom. The molecule has 1 aromatic rings. The molecule has 0 saturated heterocycles. The van der Waals surface area contributed by atoms with Crippen LogP contribution in [0.15, 0.2) is 18.2 Å². The first-order chi connectivity index (χ1) is 8.66. The molecule has 3 rings (SSSR count). The molecule has 18 heavy (non-hydrogen) atoms. The highest BCUT2D eigenvalue weighted by Crippen LogP contribution is 2.38. The van der Waals surface area contributed by atoms with Crippen molar-refractivity contribution in [2.45, 2.75) is 31.8 Å². The summed E-state index contributed by atoms with van der Waals surface area (Å²) in [7, 11) is 0. The Bertz CT molecular complexity index is 485. The van der Waals surface area contributed by atoms with Crippen molar-refractivity contribution in [3.8, 4) is 0 Å². The third-order valence-corrected chi connectivity index (χ3v) is 4.22. The minimum atomic E-state index is -0.510. The second kappa shape index (κ2) is 4.56. The molecule has 1 fully saturated rings. The molecule has 96 valence electrons. The number of halogens is 1. The smallest absolute Gasteiger partial charge is 0.230 e. The Labute approximate surface area is 111 Å². The highest BCUT2D eigenvalue weighted by molar-refractivity contribution is 6.30. The van der Waals surface area contributed by atoms with Gasteiger partial charge in [-0.25, -0.2) is 0 Å². The molecule has 4 heteroatoms. The van der Waals surface area contributed by atoms with Gasteiger partial charge in [-0.15, -0.1) is 0 Å². The number of hydrogen-bond acceptors (Lipinski definition) is 2. The Morgan fingerprint density at radius 2 is 2.11 bits per heavy atom. The van der Waals surface area contributed by atoms with E-state index in [-0.39, 0.29) is 11.8 Å². The molecule has 1 amide bonds. The standard InChI is InChI=1S/C14H16ClNO2/c15-10-4-5-12-11(8-10)13(17)6-7-16(12)14(18)9-2-1-3-9/h4-5,8-9,13,17H,1-3,6-7H2. The van der Waals surface area contributed by atoms with E-state index in [1.165, 1.54) is 0 Å². The Morgan fingerprint density at radius 1 is 1.33 bits per heavy atom. The lowest BCUT2D eigenvalue weighted by Gasteiger charge is -2.36. The largest absolute Gasteiger partial charge is 0.388 e. The Balaban J connectivity index is 1.94. The molecule has 1 aliphatic heterocycles. The molecule has 1 saturated carbocycles. The van der Waals surface area contributed by atoms with E-state index in [1.54, 1.807) is 12.1 Å². The van der Waals surface area contributed by atoms with Crippen LogP contribution in [0.4, 0.5) is 5.69 Å². The molecule has 1 unspecified atom stereocenters. The summed E-state index contributed by atoms with van der Waals surface area (Å²) < 4.78 is 0. The van der Waals surface area contributed by atoms with Crippen LogP contribution >= 0.6 is 11.6 Å². The molecule has 0 radical (unpaired) electrons. The number of aliphatic hydroxyl groups excluding tert-OH is 1. The van der Waals surface area contributed by atoms with E-state index in [2.05, 4.69) is 0 Å². The molecule has 2 aliphatic rings. The number of aliphatic hydroxyl groups is 1. The fraction of sp³-hybridized carbons (Fsp3) is 0.500. The zero-order valence-electron chi connectivity index (χ0n) is 10.1. The monoisotopic (exact) mass is 265 g/mol.